The van der Waals surface area contributed by atoms with Crippen molar-refractivity contribution >= 4 is 103 Å². The van der Waals surface area contributed by atoms with Gasteiger partial charge in [0.1, 0.15) is 22.9 Å². The van der Waals surface area contributed by atoms with E-state index in [9.17, 15) is 24.3 Å². The number of hydrogen-bond donors (Lipinski definition) is 5. The number of azide groups is 2. The molecule has 0 aliphatic carbocycles. The van der Waals surface area contributed by atoms with E-state index in [1.807, 2.05) is 64.1 Å². The zero-order valence-corrected chi connectivity index (χ0v) is 54.4. The number of carbonyl (C=O) groups excluding carboxylic acids is 1. The fourth-order valence-electron chi connectivity index (χ4n) is 8.77. The molecule has 0 saturated carbocycles. The molecule has 4 aromatic heterocycles. The lowest BCUT2D eigenvalue weighted by atomic mass is 10.0. The van der Waals surface area contributed by atoms with Crippen molar-refractivity contribution in [3.05, 3.63) is 191 Å². The Morgan fingerprint density at radius 1 is 0.629 bits per heavy atom. The van der Waals surface area contributed by atoms with E-state index in [2.05, 4.69) is 35.3 Å². The van der Waals surface area contributed by atoms with E-state index in [-0.39, 0.29) is 55.2 Å². The second kappa shape index (κ2) is 32.3. The molecule has 1 amide bonds. The number of carboxylic acid groups (broad SMARTS) is 1. The molecule has 6 N–H and O–H groups in total. The molecule has 0 fully saturated rings. The molecule has 0 bridgehead atoms. The lowest BCUT2D eigenvalue weighted by molar-refractivity contribution is -0.152. The number of benzene rings is 4. The molecular weight excluding hydrogens is 1270 g/mol. The molecule has 0 saturated heterocycles. The third-order valence-corrected chi connectivity index (χ3v) is 14.6. The summed E-state index contributed by atoms with van der Waals surface area (Å²) in [6.45, 7) is 17.1. The van der Waals surface area contributed by atoms with Gasteiger partial charge in [-0.05, 0) is 122 Å². The predicted molar refractivity (Wildman–Crippen MR) is 349 cm³/mol. The number of rotatable bonds is 25. The van der Waals surface area contributed by atoms with Crippen molar-refractivity contribution in [2.75, 3.05) is 52.6 Å². The van der Waals surface area contributed by atoms with Crippen LogP contribution in [-0.4, -0.2) is 110 Å². The topological polar surface area (TPSA) is 328 Å². The van der Waals surface area contributed by atoms with E-state index in [0.717, 1.165) is 11.1 Å². The number of hydrogen-bond acceptors (Lipinski definition) is 13. The molecule has 4 heterocycles. The van der Waals surface area contributed by atoms with Crippen LogP contribution in [-0.2, 0) is 31.9 Å². The Bertz CT molecular complexity index is 3980. The van der Waals surface area contributed by atoms with E-state index in [4.69, 9.17) is 116 Å². The number of carbonyl (C=O) groups is 2. The van der Waals surface area contributed by atoms with Gasteiger partial charge in [0.2, 0.25) is 0 Å². The first-order valence-electron chi connectivity index (χ1n) is 27.7. The van der Waals surface area contributed by atoms with Crippen LogP contribution in [0, 0.1) is 0 Å². The van der Waals surface area contributed by atoms with Crippen LogP contribution >= 0.6 is 69.6 Å². The van der Waals surface area contributed by atoms with Crippen molar-refractivity contribution in [1.82, 2.24) is 34.8 Å². The number of aliphatic carboxylic acids is 1. The number of halogens is 6. The number of nitrogens with zero attached hydrogens (tertiary/aromatic N) is 10. The number of nitrogens with one attached hydrogen (secondary N) is 3. The van der Waals surface area contributed by atoms with Gasteiger partial charge in [0.25, 0.3) is 17.0 Å². The summed E-state index contributed by atoms with van der Waals surface area (Å²) >= 11 is 38.3. The molecule has 8 aromatic rings. The SMILES string of the molecule is CC(C)c1nn(-c2c(Cl)cc(Cl)cc2Cl)c2cc(Cc3ccc(OC(C)(C)C(=O)NCCOCCN=[N+]=[N-])cc3)[nH]c(=O)c12.CC(C)c1nn(-c2c(Cl)cc(Cl)cc2Cl)c2cc(Cc3ccc(OC(C)(C)C(=O)O)cc3)[nH]c(=O)c12.[N-]=[N+]=NCCOCCN. The van der Waals surface area contributed by atoms with Gasteiger partial charge in [0.15, 0.2) is 11.2 Å². The Morgan fingerprint density at radius 3 is 1.37 bits per heavy atom. The number of carboxylic acids is 1. The summed E-state index contributed by atoms with van der Waals surface area (Å²) in [5.74, 6) is -0.469. The van der Waals surface area contributed by atoms with E-state index in [1.165, 1.54) is 13.8 Å². The number of pyridine rings is 2. The normalized spacial score (nSPS) is 11.4. The maximum Gasteiger partial charge on any atom is 0.347 e. The number of amides is 1. The molecule has 0 aliphatic rings. The van der Waals surface area contributed by atoms with Crippen LogP contribution in [0.4, 0.5) is 0 Å². The quantitative estimate of drug-likeness (QED) is 0.0154. The van der Waals surface area contributed by atoms with Crippen LogP contribution in [0.1, 0.15) is 101 Å². The highest BCUT2D eigenvalue weighted by Crippen LogP contribution is 2.37. The molecule has 0 radical (unpaired) electrons. The summed E-state index contributed by atoms with van der Waals surface area (Å²) in [5.41, 5.74) is 24.6. The van der Waals surface area contributed by atoms with Gasteiger partial charge in [-0.3, -0.25) is 14.4 Å². The van der Waals surface area contributed by atoms with Crippen LogP contribution in [0.15, 0.2) is 105 Å². The molecule has 0 atom stereocenters. The number of fused-ring (bicyclic) bond motifs is 2. The van der Waals surface area contributed by atoms with Crippen LogP contribution in [0.3, 0.4) is 0 Å². The highest BCUT2D eigenvalue weighted by atomic mass is 35.5. The van der Waals surface area contributed by atoms with Gasteiger partial charge < -0.3 is 45.1 Å². The van der Waals surface area contributed by atoms with Gasteiger partial charge in [0.05, 0.1) is 79.7 Å². The van der Waals surface area contributed by atoms with E-state index < -0.39 is 17.2 Å². The Kier molecular flexibility index (Phi) is 25.6. The van der Waals surface area contributed by atoms with Gasteiger partial charge in [-0.15, -0.1) is 0 Å². The second-order valence-electron chi connectivity index (χ2n) is 21.5. The van der Waals surface area contributed by atoms with Crippen molar-refractivity contribution in [2.24, 2.45) is 16.0 Å². The molecule has 4 aromatic carbocycles. The first kappa shape index (κ1) is 70.6. The lowest BCUT2D eigenvalue weighted by Gasteiger charge is -2.25. The average Bonchev–Trinajstić information content (AvgIpc) is 1.67. The third-order valence-electron chi connectivity index (χ3n) is 13.0. The standard InChI is InChI=1S/C30H32Cl3N7O4.C26H24Cl3N3O4.C4H10N4O/c1-17(2)26-25-24(40(38-26)27-22(32)14-19(31)15-23(27)33)16-20(37-28(25)41)13-18-5-7-21(8-6-18)44-30(3,4)29(42)35-9-11-43-12-10-36-39-34;1-13(2)22-21-20(32(31-22)23-18(28)10-15(27)11-19(23)29)12-16(30-24(21)33)9-14-5-7-17(8-6-14)36-26(3,4)25(34)35;5-1-3-9-4-2-7-8-6/h5-8,14-17H,9-13H2,1-4H3,(H,35,42)(H,37,41);5-8,10-13H,9H2,1-4H3,(H,30,33)(H,34,35);1-5H2. The molecule has 0 spiro atoms. The van der Waals surface area contributed by atoms with Crippen molar-refractivity contribution in [3.63, 3.8) is 0 Å². The summed E-state index contributed by atoms with van der Waals surface area (Å²) in [7, 11) is 0. The van der Waals surface area contributed by atoms with Gasteiger partial charge in [0, 0.05) is 70.3 Å². The maximum atomic E-state index is 13.3. The van der Waals surface area contributed by atoms with Crippen molar-refractivity contribution in [2.45, 2.75) is 91.3 Å². The minimum atomic E-state index is -1.35. The smallest absolute Gasteiger partial charge is 0.347 e. The van der Waals surface area contributed by atoms with Crippen molar-refractivity contribution < 1.29 is 33.6 Å². The highest BCUT2D eigenvalue weighted by Gasteiger charge is 2.31. The number of aromatic nitrogens is 6. The number of ether oxygens (including phenoxy) is 4. The maximum absolute atomic E-state index is 13.3. The molecule has 23 nitrogen and oxygen atoms in total. The summed E-state index contributed by atoms with van der Waals surface area (Å²) < 4.78 is 24.9. The molecule has 0 aliphatic heterocycles. The molecule has 0 unspecified atom stereocenters. The van der Waals surface area contributed by atoms with Crippen LogP contribution < -0.4 is 31.6 Å². The molecule has 472 valence electrons. The fourth-order valence-corrected chi connectivity index (χ4v) is 10.7. The summed E-state index contributed by atoms with van der Waals surface area (Å²) in [6, 6.07) is 24.4. The Morgan fingerprint density at radius 2 is 1.01 bits per heavy atom. The number of aromatic amines is 2. The first-order valence-corrected chi connectivity index (χ1v) is 30.0. The minimum absolute atomic E-state index is 0.0202. The Hall–Kier alpha value is -7.50. The minimum Gasteiger partial charge on any atom is -0.478 e. The van der Waals surface area contributed by atoms with Crippen molar-refractivity contribution in [3.8, 4) is 22.9 Å². The van der Waals surface area contributed by atoms with E-state index in [0.29, 0.717) is 137 Å². The van der Waals surface area contributed by atoms with Gasteiger partial charge in [-0.25, -0.2) is 14.2 Å². The van der Waals surface area contributed by atoms with Crippen LogP contribution in [0.5, 0.6) is 11.5 Å². The zero-order chi connectivity index (χ0) is 65.3. The molecular formula is C60H66Cl6N14O9. The summed E-state index contributed by atoms with van der Waals surface area (Å²) in [4.78, 5) is 61.6. The summed E-state index contributed by atoms with van der Waals surface area (Å²) in [5, 5.41) is 31.1. The highest BCUT2D eigenvalue weighted by molar-refractivity contribution is 6.41. The van der Waals surface area contributed by atoms with E-state index >= 15 is 0 Å². The van der Waals surface area contributed by atoms with Crippen LogP contribution in [0.2, 0.25) is 30.1 Å². The third kappa shape index (κ3) is 19.0. The first-order chi connectivity index (χ1) is 42.2. The monoisotopic (exact) mass is 1340 g/mol. The number of H-pyrrole nitrogens is 2. The Labute approximate surface area is 541 Å². The largest absolute Gasteiger partial charge is 0.478 e. The molecule has 8 rings (SSSR count). The average molecular weight is 1340 g/mol. The van der Waals surface area contributed by atoms with Gasteiger partial charge in [-0.2, -0.15) is 10.2 Å². The van der Waals surface area contributed by atoms with Crippen LogP contribution in [0.25, 0.3) is 54.1 Å². The van der Waals surface area contributed by atoms with E-state index in [1.54, 1.807) is 71.7 Å². The predicted octanol–water partition coefficient (Wildman–Crippen LogP) is 13.9. The number of nitrogens with two attached hydrogens (primary N) is 1. The second-order valence-corrected chi connectivity index (χ2v) is 24.0. The molecule has 29 heteroatoms. The van der Waals surface area contributed by atoms with Gasteiger partial charge in [-0.1, -0.05) is 132 Å². The molecule has 89 heavy (non-hydrogen) atoms. The van der Waals surface area contributed by atoms with Gasteiger partial charge >= 0.3 is 5.97 Å². The van der Waals surface area contributed by atoms with Crippen molar-refractivity contribution in [1.29, 1.82) is 0 Å². The summed E-state index contributed by atoms with van der Waals surface area (Å²) in [6.07, 6.45) is 0.831. The fraction of sp³-hybridized carbons (Fsp3) is 0.367. The zero-order valence-electron chi connectivity index (χ0n) is 49.8. The Balaban J connectivity index is 0.000000252. The lowest BCUT2D eigenvalue weighted by Crippen LogP contribution is -2.47.